The molecule has 0 aliphatic rings. The van der Waals surface area contributed by atoms with Crippen LogP contribution in [0, 0.1) is 11.3 Å². The van der Waals surface area contributed by atoms with Crippen LogP contribution in [0.1, 0.15) is 24.9 Å². The number of rotatable bonds is 5. The van der Waals surface area contributed by atoms with Crippen molar-refractivity contribution in [2.45, 2.75) is 19.4 Å². The Labute approximate surface area is 155 Å². The largest absolute Gasteiger partial charge is 0.324 e. The Morgan fingerprint density at radius 1 is 1.23 bits per heavy atom. The van der Waals surface area contributed by atoms with Crippen LogP contribution < -0.4 is 5.32 Å². The molecule has 1 amide bonds. The van der Waals surface area contributed by atoms with E-state index in [1.54, 1.807) is 48.5 Å². The zero-order valence-electron chi connectivity index (χ0n) is 13.9. The first-order valence-electron chi connectivity index (χ1n) is 7.97. The van der Waals surface area contributed by atoms with Crippen LogP contribution in [0.4, 0.5) is 5.69 Å². The average Bonchev–Trinajstić information content (AvgIpc) is 3.13. The number of nitrogens with zero attached hydrogens (tertiary/aromatic N) is 5. The maximum Gasteiger partial charge on any atom is 0.251 e. The van der Waals surface area contributed by atoms with E-state index in [9.17, 15) is 4.79 Å². The Balaban J connectivity index is 1.76. The molecule has 3 rings (SSSR count). The molecule has 1 atom stereocenters. The van der Waals surface area contributed by atoms with Crippen LogP contribution in [-0.2, 0) is 4.79 Å². The first kappa shape index (κ1) is 17.6. The molecule has 0 unspecified atom stereocenters. The zero-order valence-corrected chi connectivity index (χ0v) is 14.7. The van der Waals surface area contributed by atoms with Crippen molar-refractivity contribution in [3.63, 3.8) is 0 Å². The van der Waals surface area contributed by atoms with Gasteiger partial charge in [-0.15, -0.1) is 10.2 Å². The molecule has 7 nitrogen and oxygen atoms in total. The second-order valence-corrected chi connectivity index (χ2v) is 5.98. The van der Waals surface area contributed by atoms with Gasteiger partial charge in [-0.25, -0.2) is 0 Å². The lowest BCUT2D eigenvalue weighted by Crippen LogP contribution is -2.27. The predicted molar refractivity (Wildman–Crippen MR) is 97.4 cm³/mol. The third-order valence-electron chi connectivity index (χ3n) is 3.78. The molecule has 0 spiro atoms. The number of aromatic nitrogens is 4. The topological polar surface area (TPSA) is 96.5 Å². The Hall–Kier alpha value is -3.24. The van der Waals surface area contributed by atoms with E-state index in [1.807, 2.05) is 13.0 Å². The highest BCUT2D eigenvalue weighted by atomic mass is 35.5. The molecular weight excluding hydrogens is 352 g/mol. The number of hydrogen-bond donors (Lipinski definition) is 1. The minimum Gasteiger partial charge on any atom is -0.324 e. The number of carbonyl (C=O) groups is 1. The zero-order chi connectivity index (χ0) is 18.5. The van der Waals surface area contributed by atoms with E-state index in [-0.39, 0.29) is 5.91 Å². The quantitative estimate of drug-likeness (QED) is 0.745. The van der Waals surface area contributed by atoms with Gasteiger partial charge in [0.05, 0.1) is 11.6 Å². The monoisotopic (exact) mass is 366 g/mol. The highest BCUT2D eigenvalue weighted by Crippen LogP contribution is 2.19. The Kier molecular flexibility index (Phi) is 5.25. The number of benzene rings is 2. The van der Waals surface area contributed by atoms with E-state index < -0.39 is 6.04 Å². The van der Waals surface area contributed by atoms with Gasteiger partial charge < -0.3 is 5.32 Å². The summed E-state index contributed by atoms with van der Waals surface area (Å²) in [4.78, 5) is 13.9. The SMILES string of the molecule is CC[C@@H](C(=O)Nc1ccc(C#N)cc1)n1nnc(-c2ccc(Cl)cc2)n1. The summed E-state index contributed by atoms with van der Waals surface area (Å²) >= 11 is 5.88. The van der Waals surface area contributed by atoms with Crippen molar-refractivity contribution in [3.8, 4) is 17.5 Å². The number of carbonyl (C=O) groups excluding carboxylic acids is 1. The Morgan fingerprint density at radius 2 is 1.92 bits per heavy atom. The van der Waals surface area contributed by atoms with Gasteiger partial charge in [0.15, 0.2) is 6.04 Å². The molecule has 1 aromatic heterocycles. The minimum atomic E-state index is -0.598. The van der Waals surface area contributed by atoms with Crippen molar-refractivity contribution >= 4 is 23.2 Å². The second-order valence-electron chi connectivity index (χ2n) is 5.54. The number of tetrazole rings is 1. The van der Waals surface area contributed by atoms with E-state index >= 15 is 0 Å². The van der Waals surface area contributed by atoms with E-state index in [1.165, 1.54) is 4.80 Å². The molecule has 0 aliphatic heterocycles. The number of halogens is 1. The highest BCUT2D eigenvalue weighted by Gasteiger charge is 2.22. The molecule has 0 aliphatic carbocycles. The summed E-state index contributed by atoms with van der Waals surface area (Å²) in [6.45, 7) is 1.87. The van der Waals surface area contributed by atoms with Gasteiger partial charge in [0.1, 0.15) is 0 Å². The van der Waals surface area contributed by atoms with Crippen LogP contribution in [0.15, 0.2) is 48.5 Å². The molecule has 8 heteroatoms. The lowest BCUT2D eigenvalue weighted by atomic mass is 10.2. The lowest BCUT2D eigenvalue weighted by molar-refractivity contribution is -0.119. The van der Waals surface area contributed by atoms with Crippen molar-refractivity contribution in [3.05, 3.63) is 59.1 Å². The van der Waals surface area contributed by atoms with Crippen molar-refractivity contribution in [2.75, 3.05) is 5.32 Å². The summed E-state index contributed by atoms with van der Waals surface area (Å²) in [5, 5.41) is 24.6. The van der Waals surface area contributed by atoms with Crippen LogP contribution in [0.2, 0.25) is 5.02 Å². The predicted octanol–water partition coefficient (Wildman–Crippen LogP) is 3.45. The van der Waals surface area contributed by atoms with Gasteiger partial charge in [-0.2, -0.15) is 10.1 Å². The first-order chi connectivity index (χ1) is 12.6. The van der Waals surface area contributed by atoms with Crippen molar-refractivity contribution < 1.29 is 4.79 Å². The van der Waals surface area contributed by atoms with Gasteiger partial charge in [0.25, 0.3) is 5.91 Å². The first-order valence-corrected chi connectivity index (χ1v) is 8.35. The third-order valence-corrected chi connectivity index (χ3v) is 4.03. The summed E-state index contributed by atoms with van der Waals surface area (Å²) in [7, 11) is 0. The third kappa shape index (κ3) is 3.87. The second kappa shape index (κ2) is 7.76. The fraction of sp³-hybridized carbons (Fsp3) is 0.167. The number of nitriles is 1. The molecule has 1 N–H and O–H groups in total. The van der Waals surface area contributed by atoms with Crippen molar-refractivity contribution in [1.82, 2.24) is 20.2 Å². The van der Waals surface area contributed by atoms with E-state index in [0.29, 0.717) is 28.5 Å². The fourth-order valence-electron chi connectivity index (χ4n) is 2.38. The van der Waals surface area contributed by atoms with Crippen LogP contribution in [-0.4, -0.2) is 26.1 Å². The van der Waals surface area contributed by atoms with E-state index in [2.05, 4.69) is 20.7 Å². The van der Waals surface area contributed by atoms with Gasteiger partial charge in [0.2, 0.25) is 5.82 Å². The van der Waals surface area contributed by atoms with Gasteiger partial charge in [-0.3, -0.25) is 4.79 Å². The van der Waals surface area contributed by atoms with Crippen LogP contribution >= 0.6 is 11.6 Å². The molecule has 0 bridgehead atoms. The molecule has 0 radical (unpaired) electrons. The smallest absolute Gasteiger partial charge is 0.251 e. The highest BCUT2D eigenvalue weighted by molar-refractivity contribution is 6.30. The number of amides is 1. The van der Waals surface area contributed by atoms with Crippen LogP contribution in [0.25, 0.3) is 11.4 Å². The van der Waals surface area contributed by atoms with Gasteiger partial charge in [-0.05, 0) is 60.2 Å². The fourth-order valence-corrected chi connectivity index (χ4v) is 2.50. The van der Waals surface area contributed by atoms with Gasteiger partial charge >= 0.3 is 0 Å². The Morgan fingerprint density at radius 3 is 2.54 bits per heavy atom. The minimum absolute atomic E-state index is 0.253. The molecule has 26 heavy (non-hydrogen) atoms. The average molecular weight is 367 g/mol. The number of nitrogens with one attached hydrogen (secondary N) is 1. The standard InChI is InChI=1S/C18H15ClN6O/c1-2-16(18(26)21-15-9-3-12(11-20)4-10-15)25-23-17(22-24-25)13-5-7-14(19)8-6-13/h3-10,16H,2H2,1H3,(H,21,26)/t16-/m0/s1. The normalized spacial score (nSPS) is 11.6. The molecule has 3 aromatic rings. The summed E-state index contributed by atoms with van der Waals surface area (Å²) in [5.41, 5.74) is 1.90. The van der Waals surface area contributed by atoms with Gasteiger partial charge in [-0.1, -0.05) is 18.5 Å². The maximum absolute atomic E-state index is 12.6. The summed E-state index contributed by atoms with van der Waals surface area (Å²) in [5.74, 6) is 0.170. The van der Waals surface area contributed by atoms with E-state index in [0.717, 1.165) is 5.56 Å². The van der Waals surface area contributed by atoms with Crippen molar-refractivity contribution in [1.29, 1.82) is 5.26 Å². The molecule has 1 heterocycles. The summed E-state index contributed by atoms with van der Waals surface area (Å²) in [6, 6.07) is 15.1. The van der Waals surface area contributed by atoms with E-state index in [4.69, 9.17) is 16.9 Å². The van der Waals surface area contributed by atoms with Crippen molar-refractivity contribution in [2.24, 2.45) is 0 Å². The lowest BCUT2D eigenvalue weighted by Gasteiger charge is -2.13. The van der Waals surface area contributed by atoms with Crippen LogP contribution in [0.5, 0.6) is 0 Å². The molecule has 2 aromatic carbocycles. The molecule has 0 fully saturated rings. The molecule has 0 saturated carbocycles. The Bertz CT molecular complexity index is 943. The maximum atomic E-state index is 12.6. The molecule has 0 saturated heterocycles. The number of hydrogen-bond acceptors (Lipinski definition) is 5. The molecular formula is C18H15ClN6O. The molecule has 130 valence electrons. The summed E-state index contributed by atoms with van der Waals surface area (Å²) in [6.07, 6.45) is 0.499. The van der Waals surface area contributed by atoms with Gasteiger partial charge in [0, 0.05) is 16.3 Å². The number of anilines is 1. The summed E-state index contributed by atoms with van der Waals surface area (Å²) < 4.78 is 0. The van der Waals surface area contributed by atoms with Crippen LogP contribution in [0.3, 0.4) is 0 Å².